The number of benzene rings is 3. The predicted molar refractivity (Wildman–Crippen MR) is 115 cm³/mol. The third-order valence-corrected chi connectivity index (χ3v) is 5.32. The van der Waals surface area contributed by atoms with Crippen LogP contribution in [0.15, 0.2) is 66.7 Å². The van der Waals surface area contributed by atoms with E-state index in [0.717, 1.165) is 12.8 Å². The standard InChI is InChI=1S/C26H30/c1-4-7-13-25-20(5-2)14-15-21(6-3)26(25)24-18-16-23(17-19-24)22-11-9-8-10-12-22/h8-12,14-19H,4-7,13H2,1-3H3. The fourth-order valence-corrected chi connectivity index (χ4v) is 3.82. The van der Waals surface area contributed by atoms with Crippen molar-refractivity contribution in [3.05, 3.63) is 83.4 Å². The highest BCUT2D eigenvalue weighted by atomic mass is 14.2. The lowest BCUT2D eigenvalue weighted by Crippen LogP contribution is -2.01. The van der Waals surface area contributed by atoms with Gasteiger partial charge >= 0.3 is 0 Å². The van der Waals surface area contributed by atoms with Crippen LogP contribution in [0.25, 0.3) is 22.3 Å². The van der Waals surface area contributed by atoms with Crippen LogP contribution in [0, 0.1) is 0 Å². The molecule has 0 saturated carbocycles. The van der Waals surface area contributed by atoms with Gasteiger partial charge in [0.2, 0.25) is 0 Å². The van der Waals surface area contributed by atoms with Crippen LogP contribution in [-0.2, 0) is 19.3 Å². The fraction of sp³-hybridized carbons (Fsp3) is 0.308. The first kappa shape index (κ1) is 18.5. The molecule has 3 aromatic rings. The van der Waals surface area contributed by atoms with Gasteiger partial charge in [-0.3, -0.25) is 0 Å². The molecule has 0 fully saturated rings. The molecule has 3 aromatic carbocycles. The van der Waals surface area contributed by atoms with Crippen LogP contribution in [0.5, 0.6) is 0 Å². The van der Waals surface area contributed by atoms with Gasteiger partial charge in [0.25, 0.3) is 0 Å². The molecular weight excluding hydrogens is 312 g/mol. The Morgan fingerprint density at radius 2 is 1.15 bits per heavy atom. The van der Waals surface area contributed by atoms with Crippen molar-refractivity contribution in [2.24, 2.45) is 0 Å². The number of hydrogen-bond acceptors (Lipinski definition) is 0. The van der Waals surface area contributed by atoms with E-state index in [-0.39, 0.29) is 0 Å². The van der Waals surface area contributed by atoms with Gasteiger partial charge in [0.15, 0.2) is 0 Å². The molecule has 0 saturated heterocycles. The second-order valence-electron chi connectivity index (χ2n) is 6.99. The van der Waals surface area contributed by atoms with Gasteiger partial charge < -0.3 is 0 Å². The predicted octanol–water partition coefficient (Wildman–Crippen LogP) is 7.49. The number of hydrogen-bond donors (Lipinski definition) is 0. The summed E-state index contributed by atoms with van der Waals surface area (Å²) in [6.07, 6.45) is 5.88. The van der Waals surface area contributed by atoms with E-state index in [1.807, 2.05) is 0 Å². The van der Waals surface area contributed by atoms with E-state index in [1.165, 1.54) is 52.6 Å². The molecule has 0 aromatic heterocycles. The van der Waals surface area contributed by atoms with Crippen molar-refractivity contribution in [1.82, 2.24) is 0 Å². The summed E-state index contributed by atoms with van der Waals surface area (Å²) in [7, 11) is 0. The molecule has 0 heteroatoms. The number of unbranched alkanes of at least 4 members (excludes halogenated alkanes) is 1. The molecule has 0 aliphatic heterocycles. The lowest BCUT2D eigenvalue weighted by atomic mass is 9.86. The van der Waals surface area contributed by atoms with E-state index in [1.54, 1.807) is 5.56 Å². The van der Waals surface area contributed by atoms with E-state index in [2.05, 4.69) is 87.5 Å². The Balaban J connectivity index is 2.07. The summed E-state index contributed by atoms with van der Waals surface area (Å²) in [5.41, 5.74) is 9.97. The van der Waals surface area contributed by atoms with Crippen molar-refractivity contribution >= 4 is 0 Å². The van der Waals surface area contributed by atoms with Gasteiger partial charge in [-0.25, -0.2) is 0 Å². The van der Waals surface area contributed by atoms with E-state index in [9.17, 15) is 0 Å². The molecule has 0 radical (unpaired) electrons. The highest BCUT2D eigenvalue weighted by Gasteiger charge is 2.13. The Morgan fingerprint density at radius 1 is 0.577 bits per heavy atom. The van der Waals surface area contributed by atoms with E-state index < -0.39 is 0 Å². The first-order valence-electron chi connectivity index (χ1n) is 10.1. The van der Waals surface area contributed by atoms with Gasteiger partial charge in [0.1, 0.15) is 0 Å². The lowest BCUT2D eigenvalue weighted by Gasteiger charge is -2.19. The molecule has 26 heavy (non-hydrogen) atoms. The van der Waals surface area contributed by atoms with E-state index in [4.69, 9.17) is 0 Å². The fourth-order valence-electron chi connectivity index (χ4n) is 3.82. The van der Waals surface area contributed by atoms with Crippen molar-refractivity contribution < 1.29 is 0 Å². The molecule has 134 valence electrons. The third-order valence-electron chi connectivity index (χ3n) is 5.32. The first-order chi connectivity index (χ1) is 12.8. The Labute approximate surface area is 158 Å². The molecule has 3 rings (SSSR count). The largest absolute Gasteiger partial charge is 0.0654 e. The zero-order chi connectivity index (χ0) is 18.4. The van der Waals surface area contributed by atoms with E-state index >= 15 is 0 Å². The summed E-state index contributed by atoms with van der Waals surface area (Å²) in [4.78, 5) is 0. The molecule has 0 nitrogen and oxygen atoms in total. The summed E-state index contributed by atoms with van der Waals surface area (Å²) in [5, 5.41) is 0. The SMILES string of the molecule is CCCCc1c(CC)ccc(CC)c1-c1ccc(-c2ccccc2)cc1. The van der Waals surface area contributed by atoms with Crippen LogP contribution in [0.4, 0.5) is 0 Å². The maximum absolute atomic E-state index is 2.35. The maximum atomic E-state index is 2.35. The lowest BCUT2D eigenvalue weighted by molar-refractivity contribution is 0.787. The summed E-state index contributed by atoms with van der Waals surface area (Å²) >= 11 is 0. The normalized spacial score (nSPS) is 10.9. The molecule has 0 N–H and O–H groups in total. The van der Waals surface area contributed by atoms with Crippen LogP contribution in [0.2, 0.25) is 0 Å². The second kappa shape index (κ2) is 8.85. The van der Waals surface area contributed by atoms with Gasteiger partial charge in [-0.2, -0.15) is 0 Å². The van der Waals surface area contributed by atoms with Gasteiger partial charge in [0.05, 0.1) is 0 Å². The molecule has 0 aliphatic carbocycles. The van der Waals surface area contributed by atoms with Crippen LogP contribution in [0.3, 0.4) is 0 Å². The van der Waals surface area contributed by atoms with Crippen molar-refractivity contribution in [3.63, 3.8) is 0 Å². The summed E-state index contributed by atoms with van der Waals surface area (Å²) < 4.78 is 0. The average Bonchev–Trinajstić information content (AvgIpc) is 2.72. The molecule has 0 amide bonds. The molecule has 0 unspecified atom stereocenters. The summed E-state index contributed by atoms with van der Waals surface area (Å²) in [6, 6.07) is 24.5. The molecular formula is C26H30. The van der Waals surface area contributed by atoms with Crippen molar-refractivity contribution in [3.8, 4) is 22.3 Å². The van der Waals surface area contributed by atoms with Gasteiger partial charge in [-0.05, 0) is 64.6 Å². The van der Waals surface area contributed by atoms with Crippen LogP contribution >= 0.6 is 0 Å². The second-order valence-corrected chi connectivity index (χ2v) is 6.99. The average molecular weight is 343 g/mol. The maximum Gasteiger partial charge on any atom is -0.0117 e. The van der Waals surface area contributed by atoms with Crippen LogP contribution in [-0.4, -0.2) is 0 Å². The van der Waals surface area contributed by atoms with Crippen molar-refractivity contribution in [2.75, 3.05) is 0 Å². The number of aryl methyl sites for hydroxylation is 2. The quantitative estimate of drug-likeness (QED) is 0.417. The highest BCUT2D eigenvalue weighted by molar-refractivity contribution is 5.75. The molecule has 0 spiro atoms. The number of rotatable bonds is 7. The summed E-state index contributed by atoms with van der Waals surface area (Å²) in [5.74, 6) is 0. The van der Waals surface area contributed by atoms with Crippen molar-refractivity contribution in [2.45, 2.75) is 52.9 Å². The monoisotopic (exact) mass is 342 g/mol. The van der Waals surface area contributed by atoms with Crippen LogP contribution < -0.4 is 0 Å². The Hall–Kier alpha value is -2.34. The minimum absolute atomic E-state index is 1.08. The highest BCUT2D eigenvalue weighted by Crippen LogP contribution is 2.33. The minimum atomic E-state index is 1.08. The molecule has 0 bridgehead atoms. The van der Waals surface area contributed by atoms with Crippen LogP contribution in [0.1, 0.15) is 50.3 Å². The van der Waals surface area contributed by atoms with Crippen molar-refractivity contribution in [1.29, 1.82) is 0 Å². The van der Waals surface area contributed by atoms with Gasteiger partial charge in [0, 0.05) is 0 Å². The molecule has 0 aliphatic rings. The Morgan fingerprint density at radius 3 is 1.77 bits per heavy atom. The smallest absolute Gasteiger partial charge is 0.0117 e. The van der Waals surface area contributed by atoms with Gasteiger partial charge in [-0.1, -0.05) is 93.9 Å². The first-order valence-corrected chi connectivity index (χ1v) is 10.1. The Bertz CT molecular complexity index is 826. The summed E-state index contributed by atoms with van der Waals surface area (Å²) in [6.45, 7) is 6.83. The zero-order valence-electron chi connectivity index (χ0n) is 16.4. The molecule has 0 heterocycles. The Kier molecular flexibility index (Phi) is 6.28. The van der Waals surface area contributed by atoms with Gasteiger partial charge in [-0.15, -0.1) is 0 Å². The topological polar surface area (TPSA) is 0 Å². The molecule has 0 atom stereocenters. The van der Waals surface area contributed by atoms with E-state index in [0.29, 0.717) is 0 Å². The zero-order valence-corrected chi connectivity index (χ0v) is 16.4. The third kappa shape index (κ3) is 3.90. The minimum Gasteiger partial charge on any atom is -0.0654 e.